The topological polar surface area (TPSA) is 50.4 Å². The molecule has 1 amide bonds. The number of hydrogen-bond donors (Lipinski definition) is 2. The molecule has 2 rings (SSSR count). The summed E-state index contributed by atoms with van der Waals surface area (Å²) in [7, 11) is 1.59. The molecule has 1 unspecified atom stereocenters. The van der Waals surface area contributed by atoms with Crippen molar-refractivity contribution < 1.29 is 9.53 Å². The summed E-state index contributed by atoms with van der Waals surface area (Å²) in [5.41, 5.74) is 0.769. The van der Waals surface area contributed by atoms with Crippen LogP contribution in [0.15, 0.2) is 30.3 Å². The molecule has 0 aliphatic rings. The normalized spacial score (nSPS) is 11.8. The lowest BCUT2D eigenvalue weighted by molar-refractivity contribution is -0.121. The van der Waals surface area contributed by atoms with E-state index < -0.39 is 0 Å². The maximum absolute atomic E-state index is 12.0. The number of thiophene rings is 1. The molecule has 0 saturated carbocycles. The number of halogens is 2. The molecule has 23 heavy (non-hydrogen) atoms. The molecule has 124 valence electrons. The largest absolute Gasteiger partial charge is 0.495 e. The first kappa shape index (κ1) is 17.9. The van der Waals surface area contributed by atoms with Crippen molar-refractivity contribution in [2.45, 2.75) is 19.4 Å². The van der Waals surface area contributed by atoms with Crippen LogP contribution in [0.2, 0.25) is 9.36 Å². The van der Waals surface area contributed by atoms with E-state index in [4.69, 9.17) is 27.9 Å². The average molecular weight is 373 g/mol. The van der Waals surface area contributed by atoms with Crippen molar-refractivity contribution in [3.63, 3.8) is 0 Å². The number of amides is 1. The Bertz CT molecular complexity index is 676. The Morgan fingerprint density at radius 1 is 1.30 bits per heavy atom. The molecule has 1 atom stereocenters. The standard InChI is InChI=1S/C16H18Cl2N2O2S/c1-10(14-5-6-15(18)23-14)20-16(21)7-8-19-12-9-11(17)3-4-13(12)22-2/h3-6,9-10,19H,7-8H2,1-2H3,(H,20,21). The molecule has 0 fully saturated rings. The summed E-state index contributed by atoms with van der Waals surface area (Å²) in [5.74, 6) is 0.659. The van der Waals surface area contributed by atoms with E-state index >= 15 is 0 Å². The molecule has 2 N–H and O–H groups in total. The van der Waals surface area contributed by atoms with Crippen LogP contribution in [-0.4, -0.2) is 19.6 Å². The van der Waals surface area contributed by atoms with Gasteiger partial charge in [0, 0.05) is 22.9 Å². The van der Waals surface area contributed by atoms with Crippen molar-refractivity contribution in [3.05, 3.63) is 44.6 Å². The summed E-state index contributed by atoms with van der Waals surface area (Å²) in [6.07, 6.45) is 0.346. The first-order valence-electron chi connectivity index (χ1n) is 7.11. The van der Waals surface area contributed by atoms with Gasteiger partial charge in [0.25, 0.3) is 0 Å². The van der Waals surface area contributed by atoms with Gasteiger partial charge in [-0.3, -0.25) is 4.79 Å². The van der Waals surface area contributed by atoms with Crippen molar-refractivity contribution >= 4 is 46.1 Å². The van der Waals surface area contributed by atoms with Gasteiger partial charge >= 0.3 is 0 Å². The maximum Gasteiger partial charge on any atom is 0.222 e. The molecular weight excluding hydrogens is 355 g/mol. The predicted molar refractivity (Wildman–Crippen MR) is 97.0 cm³/mol. The van der Waals surface area contributed by atoms with E-state index in [0.29, 0.717) is 23.7 Å². The van der Waals surface area contributed by atoms with Crippen LogP contribution in [-0.2, 0) is 4.79 Å². The van der Waals surface area contributed by atoms with Crippen LogP contribution >= 0.6 is 34.5 Å². The smallest absolute Gasteiger partial charge is 0.222 e. The Morgan fingerprint density at radius 3 is 2.74 bits per heavy atom. The summed E-state index contributed by atoms with van der Waals surface area (Å²) in [6, 6.07) is 9.01. The second kappa shape index (κ2) is 8.43. The first-order chi connectivity index (χ1) is 11.0. The third-order valence-corrected chi connectivity index (χ3v) is 4.88. The number of rotatable bonds is 7. The zero-order valence-corrected chi connectivity index (χ0v) is 15.2. The van der Waals surface area contributed by atoms with E-state index in [2.05, 4.69) is 10.6 Å². The second-order valence-electron chi connectivity index (χ2n) is 4.95. The van der Waals surface area contributed by atoms with E-state index in [0.717, 1.165) is 14.9 Å². The summed E-state index contributed by atoms with van der Waals surface area (Å²) < 4.78 is 5.97. The van der Waals surface area contributed by atoms with Gasteiger partial charge in [0.1, 0.15) is 5.75 Å². The Kier molecular flexibility index (Phi) is 6.57. The highest BCUT2D eigenvalue weighted by Crippen LogP contribution is 2.28. The van der Waals surface area contributed by atoms with Crippen LogP contribution in [0.5, 0.6) is 5.75 Å². The van der Waals surface area contributed by atoms with Gasteiger partial charge in [0.15, 0.2) is 0 Å². The van der Waals surface area contributed by atoms with Gasteiger partial charge < -0.3 is 15.4 Å². The number of benzene rings is 1. The molecule has 0 aliphatic heterocycles. The minimum absolute atomic E-state index is 0.0319. The van der Waals surface area contributed by atoms with E-state index in [-0.39, 0.29) is 11.9 Å². The summed E-state index contributed by atoms with van der Waals surface area (Å²) in [4.78, 5) is 13.0. The van der Waals surface area contributed by atoms with Crippen LogP contribution in [0.3, 0.4) is 0 Å². The zero-order valence-electron chi connectivity index (χ0n) is 12.9. The van der Waals surface area contributed by atoms with Gasteiger partial charge in [-0.1, -0.05) is 23.2 Å². The van der Waals surface area contributed by atoms with Crippen LogP contribution < -0.4 is 15.4 Å². The highest BCUT2D eigenvalue weighted by atomic mass is 35.5. The third-order valence-electron chi connectivity index (χ3n) is 3.23. The monoisotopic (exact) mass is 372 g/mol. The Labute approximate surface area is 149 Å². The summed E-state index contributed by atoms with van der Waals surface area (Å²) in [6.45, 7) is 2.42. The number of ether oxygens (including phenoxy) is 1. The number of hydrogen-bond acceptors (Lipinski definition) is 4. The lowest BCUT2D eigenvalue weighted by Gasteiger charge is -2.14. The van der Waals surface area contributed by atoms with Crippen molar-refractivity contribution in [2.24, 2.45) is 0 Å². The minimum Gasteiger partial charge on any atom is -0.495 e. The van der Waals surface area contributed by atoms with Gasteiger partial charge in [-0.25, -0.2) is 0 Å². The van der Waals surface area contributed by atoms with Crippen molar-refractivity contribution in [1.82, 2.24) is 5.32 Å². The molecule has 2 aromatic rings. The maximum atomic E-state index is 12.0. The van der Waals surface area contributed by atoms with Crippen LogP contribution in [0.4, 0.5) is 5.69 Å². The zero-order chi connectivity index (χ0) is 16.8. The number of carbonyl (C=O) groups excluding carboxylic acids is 1. The van der Waals surface area contributed by atoms with Crippen LogP contribution in [0.25, 0.3) is 0 Å². The second-order valence-corrected chi connectivity index (χ2v) is 7.14. The Morgan fingerprint density at radius 2 is 2.09 bits per heavy atom. The molecule has 0 aliphatic carbocycles. The highest BCUT2D eigenvalue weighted by Gasteiger charge is 2.12. The molecule has 0 bridgehead atoms. The number of anilines is 1. The summed E-state index contributed by atoms with van der Waals surface area (Å²) in [5, 5.41) is 6.73. The Balaban J connectivity index is 1.82. The van der Waals surface area contributed by atoms with E-state index in [1.807, 2.05) is 19.1 Å². The molecule has 0 radical (unpaired) electrons. The van der Waals surface area contributed by atoms with E-state index in [1.165, 1.54) is 11.3 Å². The fraction of sp³-hybridized carbons (Fsp3) is 0.312. The first-order valence-corrected chi connectivity index (χ1v) is 8.69. The van der Waals surface area contributed by atoms with Crippen molar-refractivity contribution in [2.75, 3.05) is 19.0 Å². The SMILES string of the molecule is COc1ccc(Cl)cc1NCCC(=O)NC(C)c1ccc(Cl)s1. The fourth-order valence-electron chi connectivity index (χ4n) is 2.07. The molecule has 1 aromatic carbocycles. The average Bonchev–Trinajstić information content (AvgIpc) is 2.94. The van der Waals surface area contributed by atoms with Gasteiger partial charge in [0.2, 0.25) is 5.91 Å². The van der Waals surface area contributed by atoms with Gasteiger partial charge in [-0.15, -0.1) is 11.3 Å². The van der Waals surface area contributed by atoms with Crippen molar-refractivity contribution in [1.29, 1.82) is 0 Å². The molecule has 4 nitrogen and oxygen atoms in total. The van der Waals surface area contributed by atoms with E-state index in [1.54, 1.807) is 25.3 Å². The van der Waals surface area contributed by atoms with E-state index in [9.17, 15) is 4.79 Å². The molecular formula is C16H18Cl2N2O2S. The lowest BCUT2D eigenvalue weighted by Crippen LogP contribution is -2.27. The molecule has 7 heteroatoms. The molecule has 0 saturated heterocycles. The molecule has 0 spiro atoms. The minimum atomic E-state index is -0.0549. The fourth-order valence-corrected chi connectivity index (χ4v) is 3.31. The van der Waals surface area contributed by atoms with Gasteiger partial charge in [0.05, 0.1) is 23.2 Å². The number of methoxy groups -OCH3 is 1. The summed E-state index contributed by atoms with van der Waals surface area (Å²) >= 11 is 13.3. The van der Waals surface area contributed by atoms with Gasteiger partial charge in [-0.2, -0.15) is 0 Å². The third kappa shape index (κ3) is 5.30. The number of nitrogens with one attached hydrogen (secondary N) is 2. The molecule has 1 heterocycles. The lowest BCUT2D eigenvalue weighted by atomic mass is 10.2. The quantitative estimate of drug-likeness (QED) is 0.737. The highest BCUT2D eigenvalue weighted by molar-refractivity contribution is 7.16. The predicted octanol–water partition coefficient (Wildman–Crippen LogP) is 4.74. The van der Waals surface area contributed by atoms with Crippen molar-refractivity contribution in [3.8, 4) is 5.75 Å². The number of carbonyl (C=O) groups is 1. The Hall–Kier alpha value is -1.43. The molecule has 1 aromatic heterocycles. The van der Waals surface area contributed by atoms with Crippen LogP contribution in [0, 0.1) is 0 Å². The van der Waals surface area contributed by atoms with Gasteiger partial charge in [-0.05, 0) is 37.3 Å². The van der Waals surface area contributed by atoms with Crippen LogP contribution in [0.1, 0.15) is 24.3 Å².